The van der Waals surface area contributed by atoms with E-state index in [9.17, 15) is 4.79 Å². The van der Waals surface area contributed by atoms with Crippen LogP contribution in [0.25, 0.3) is 0 Å². The Morgan fingerprint density at radius 1 is 1.37 bits per heavy atom. The van der Waals surface area contributed by atoms with Gasteiger partial charge in [-0.25, -0.2) is 4.79 Å². The summed E-state index contributed by atoms with van der Waals surface area (Å²) in [6.45, 7) is 9.24. The van der Waals surface area contributed by atoms with E-state index in [0.717, 1.165) is 19.4 Å². The zero-order chi connectivity index (χ0) is 14.7. The minimum Gasteiger partial charge on any atom is -0.444 e. The number of amides is 1. The predicted molar refractivity (Wildman–Crippen MR) is 77.8 cm³/mol. The van der Waals surface area contributed by atoms with Crippen molar-refractivity contribution in [1.82, 2.24) is 10.6 Å². The van der Waals surface area contributed by atoms with E-state index in [-0.39, 0.29) is 12.1 Å². The molecule has 5 nitrogen and oxygen atoms in total. The molecule has 0 spiro atoms. The summed E-state index contributed by atoms with van der Waals surface area (Å²) in [7, 11) is 0. The summed E-state index contributed by atoms with van der Waals surface area (Å²) >= 11 is 0. The molecule has 19 heavy (non-hydrogen) atoms. The van der Waals surface area contributed by atoms with E-state index in [1.807, 2.05) is 27.7 Å². The first-order chi connectivity index (χ1) is 8.89. The van der Waals surface area contributed by atoms with Gasteiger partial charge in [0.1, 0.15) is 5.60 Å². The number of hydrogen-bond acceptors (Lipinski definition) is 4. The number of alkyl carbamates (subject to hydrolysis) is 1. The van der Waals surface area contributed by atoms with Crippen molar-refractivity contribution in [2.45, 2.75) is 52.2 Å². The van der Waals surface area contributed by atoms with Crippen molar-refractivity contribution >= 4 is 6.09 Å². The molecule has 0 rings (SSSR count). The molecule has 0 aliphatic heterocycles. The summed E-state index contributed by atoms with van der Waals surface area (Å²) in [5, 5.41) is 6.03. The van der Waals surface area contributed by atoms with Gasteiger partial charge in [-0.2, -0.15) is 0 Å². The van der Waals surface area contributed by atoms with Crippen LogP contribution in [0.15, 0.2) is 0 Å². The van der Waals surface area contributed by atoms with Crippen molar-refractivity contribution in [2.24, 2.45) is 5.73 Å². The van der Waals surface area contributed by atoms with Gasteiger partial charge in [-0.15, -0.1) is 11.8 Å². The van der Waals surface area contributed by atoms with Gasteiger partial charge in [0, 0.05) is 32.1 Å². The highest BCUT2D eigenvalue weighted by molar-refractivity contribution is 5.67. The Morgan fingerprint density at radius 2 is 2.05 bits per heavy atom. The summed E-state index contributed by atoms with van der Waals surface area (Å²) in [4.78, 5) is 11.4. The SMILES string of the molecule is CC#CCCNC(CN)CCNC(=O)OC(C)(C)C. The van der Waals surface area contributed by atoms with E-state index in [1.165, 1.54) is 0 Å². The van der Waals surface area contributed by atoms with Gasteiger partial charge in [0.2, 0.25) is 0 Å². The highest BCUT2D eigenvalue weighted by Gasteiger charge is 2.15. The summed E-state index contributed by atoms with van der Waals surface area (Å²) in [5.74, 6) is 5.83. The topological polar surface area (TPSA) is 76.4 Å². The fraction of sp³-hybridized carbons (Fsp3) is 0.786. The average molecular weight is 269 g/mol. The van der Waals surface area contributed by atoms with Crippen molar-refractivity contribution in [3.05, 3.63) is 0 Å². The highest BCUT2D eigenvalue weighted by atomic mass is 16.6. The van der Waals surface area contributed by atoms with Crippen molar-refractivity contribution in [3.8, 4) is 11.8 Å². The van der Waals surface area contributed by atoms with Crippen molar-refractivity contribution in [2.75, 3.05) is 19.6 Å². The zero-order valence-corrected chi connectivity index (χ0v) is 12.5. The Hall–Kier alpha value is -1.25. The Labute approximate surface area is 116 Å². The van der Waals surface area contributed by atoms with Crippen LogP contribution in [0.1, 0.15) is 40.5 Å². The molecule has 0 saturated heterocycles. The number of carbonyl (C=O) groups is 1. The predicted octanol–water partition coefficient (Wildman–Crippen LogP) is 1.23. The monoisotopic (exact) mass is 269 g/mol. The molecule has 0 saturated carbocycles. The maximum Gasteiger partial charge on any atom is 0.407 e. The molecule has 0 fully saturated rings. The Kier molecular flexibility index (Phi) is 9.02. The highest BCUT2D eigenvalue weighted by Crippen LogP contribution is 2.06. The van der Waals surface area contributed by atoms with Gasteiger partial charge in [-0.3, -0.25) is 0 Å². The number of ether oxygens (including phenoxy) is 1. The van der Waals surface area contributed by atoms with Gasteiger partial charge in [-0.05, 0) is 34.1 Å². The third-order valence-corrected chi connectivity index (χ3v) is 2.31. The van der Waals surface area contributed by atoms with Crippen LogP contribution >= 0.6 is 0 Å². The quantitative estimate of drug-likeness (QED) is 0.480. The molecule has 0 aromatic carbocycles. The van der Waals surface area contributed by atoms with Crippen LogP contribution < -0.4 is 16.4 Å². The van der Waals surface area contributed by atoms with Crippen LogP contribution in [-0.4, -0.2) is 37.4 Å². The van der Waals surface area contributed by atoms with E-state index < -0.39 is 5.60 Å². The standard InChI is InChI=1S/C14H27N3O2/c1-5-6-7-9-16-12(11-15)8-10-17-13(18)19-14(2,3)4/h12,16H,7-11,15H2,1-4H3,(H,17,18). The molecule has 1 amide bonds. The van der Waals surface area contributed by atoms with Crippen LogP contribution in [-0.2, 0) is 4.74 Å². The van der Waals surface area contributed by atoms with Crippen LogP contribution in [0.2, 0.25) is 0 Å². The third-order valence-electron chi connectivity index (χ3n) is 2.31. The first kappa shape index (κ1) is 17.8. The summed E-state index contributed by atoms with van der Waals surface area (Å²) in [6, 6.07) is 0.189. The molecular formula is C14H27N3O2. The van der Waals surface area contributed by atoms with E-state index in [1.54, 1.807) is 0 Å². The average Bonchev–Trinajstić information content (AvgIpc) is 2.30. The normalized spacial score (nSPS) is 12.3. The second-order valence-electron chi connectivity index (χ2n) is 5.28. The second kappa shape index (κ2) is 9.65. The molecule has 0 aromatic rings. The van der Waals surface area contributed by atoms with Gasteiger partial charge in [-0.1, -0.05) is 0 Å². The lowest BCUT2D eigenvalue weighted by atomic mass is 10.2. The largest absolute Gasteiger partial charge is 0.444 e. The molecule has 4 N–H and O–H groups in total. The molecule has 1 atom stereocenters. The van der Waals surface area contributed by atoms with Gasteiger partial charge in [0.25, 0.3) is 0 Å². The molecular weight excluding hydrogens is 242 g/mol. The van der Waals surface area contributed by atoms with Gasteiger partial charge in [0.15, 0.2) is 0 Å². The fourth-order valence-electron chi connectivity index (χ4n) is 1.43. The maximum atomic E-state index is 11.4. The van der Waals surface area contributed by atoms with E-state index in [0.29, 0.717) is 13.1 Å². The molecule has 5 heteroatoms. The first-order valence-electron chi connectivity index (χ1n) is 6.69. The smallest absolute Gasteiger partial charge is 0.407 e. The molecule has 1 unspecified atom stereocenters. The lowest BCUT2D eigenvalue weighted by Crippen LogP contribution is -2.40. The number of nitrogens with one attached hydrogen (secondary N) is 2. The van der Waals surface area contributed by atoms with Gasteiger partial charge >= 0.3 is 6.09 Å². The lowest BCUT2D eigenvalue weighted by Gasteiger charge is -2.21. The van der Waals surface area contributed by atoms with E-state index in [4.69, 9.17) is 10.5 Å². The Morgan fingerprint density at radius 3 is 2.58 bits per heavy atom. The van der Waals surface area contributed by atoms with Gasteiger partial charge < -0.3 is 21.1 Å². The van der Waals surface area contributed by atoms with E-state index >= 15 is 0 Å². The summed E-state index contributed by atoms with van der Waals surface area (Å²) in [5.41, 5.74) is 5.20. The fourth-order valence-corrected chi connectivity index (χ4v) is 1.43. The molecule has 110 valence electrons. The van der Waals surface area contributed by atoms with Crippen LogP contribution in [0.5, 0.6) is 0 Å². The van der Waals surface area contributed by atoms with Crippen LogP contribution in [0.4, 0.5) is 4.79 Å². The Bertz CT molecular complexity index is 313. The number of rotatable bonds is 7. The molecule has 0 aliphatic rings. The third kappa shape index (κ3) is 11.6. The molecule has 0 heterocycles. The minimum atomic E-state index is -0.464. The van der Waals surface area contributed by atoms with Crippen molar-refractivity contribution in [3.63, 3.8) is 0 Å². The number of nitrogens with two attached hydrogens (primary N) is 1. The summed E-state index contributed by atoms with van der Waals surface area (Å²) in [6.07, 6.45) is 1.20. The van der Waals surface area contributed by atoms with Crippen molar-refractivity contribution < 1.29 is 9.53 Å². The van der Waals surface area contributed by atoms with Crippen molar-refractivity contribution in [1.29, 1.82) is 0 Å². The number of carbonyl (C=O) groups excluding carboxylic acids is 1. The van der Waals surface area contributed by atoms with Crippen LogP contribution in [0.3, 0.4) is 0 Å². The van der Waals surface area contributed by atoms with Crippen LogP contribution in [0, 0.1) is 11.8 Å². The first-order valence-corrected chi connectivity index (χ1v) is 6.69. The Balaban J connectivity index is 3.76. The van der Waals surface area contributed by atoms with Gasteiger partial charge in [0.05, 0.1) is 0 Å². The minimum absolute atomic E-state index is 0.189. The lowest BCUT2D eigenvalue weighted by molar-refractivity contribution is 0.0526. The van der Waals surface area contributed by atoms with E-state index in [2.05, 4.69) is 22.5 Å². The summed E-state index contributed by atoms with van der Waals surface area (Å²) < 4.78 is 5.15. The molecule has 0 aliphatic carbocycles. The number of hydrogen-bond donors (Lipinski definition) is 3. The molecule has 0 radical (unpaired) electrons. The maximum absolute atomic E-state index is 11.4. The second-order valence-corrected chi connectivity index (χ2v) is 5.28. The zero-order valence-electron chi connectivity index (χ0n) is 12.5. The molecule has 0 aromatic heterocycles. The molecule has 0 bridgehead atoms.